The van der Waals surface area contributed by atoms with E-state index in [0.717, 1.165) is 39.1 Å². The van der Waals surface area contributed by atoms with Crippen LogP contribution in [0.3, 0.4) is 0 Å². The van der Waals surface area contributed by atoms with Gasteiger partial charge in [-0.3, -0.25) is 4.57 Å². The Kier molecular flexibility index (Phi) is 4.37. The van der Waals surface area contributed by atoms with Crippen LogP contribution >= 0.6 is 0 Å². The van der Waals surface area contributed by atoms with Gasteiger partial charge in [-0.1, -0.05) is 86.6 Å². The molecule has 4 heteroatoms. The molecule has 0 amide bonds. The summed E-state index contributed by atoms with van der Waals surface area (Å²) in [5.41, 5.74) is 8.85. The molecule has 0 radical (unpaired) electrons. The van der Waals surface area contributed by atoms with Crippen molar-refractivity contribution in [3.8, 4) is 34.2 Å². The van der Waals surface area contributed by atoms with Crippen LogP contribution in [-0.2, 0) is 5.41 Å². The minimum absolute atomic E-state index is 0.150. The number of ether oxygens (including phenoxy) is 1. The highest BCUT2D eigenvalue weighted by molar-refractivity contribution is 6.00. The van der Waals surface area contributed by atoms with E-state index in [1.807, 2.05) is 24.3 Å². The quantitative estimate of drug-likeness (QED) is 0.270. The molecule has 36 heavy (non-hydrogen) atoms. The van der Waals surface area contributed by atoms with Crippen molar-refractivity contribution >= 4 is 21.8 Å². The summed E-state index contributed by atoms with van der Waals surface area (Å²) < 4.78 is 7.88. The molecule has 4 aromatic carbocycles. The van der Waals surface area contributed by atoms with Crippen LogP contribution in [0.5, 0.6) is 5.75 Å². The lowest BCUT2D eigenvalue weighted by molar-refractivity contribution is 0.415. The summed E-state index contributed by atoms with van der Waals surface area (Å²) in [5.74, 6) is 1.48. The first-order chi connectivity index (χ1) is 17.6. The van der Waals surface area contributed by atoms with Crippen molar-refractivity contribution in [2.45, 2.75) is 19.3 Å². The third-order valence-electron chi connectivity index (χ3n) is 7.49. The summed E-state index contributed by atoms with van der Waals surface area (Å²) in [6.45, 7) is 4.62. The summed E-state index contributed by atoms with van der Waals surface area (Å²) in [6.07, 6.45) is 0. The van der Waals surface area contributed by atoms with E-state index in [4.69, 9.17) is 14.7 Å². The molecule has 0 atom stereocenters. The molecule has 4 nitrogen and oxygen atoms in total. The average Bonchev–Trinajstić information content (AvgIpc) is 3.38. The standard InChI is InChI=1S/C32H25N3O/c1-32(2)25-15-9-7-13-22(25)30-28(32)24-18-17-21(36-3)19-27(24)35(30)31-33-26-16-10-8-14-23(26)29(34-31)20-11-5-4-6-12-20/h4-19H,1-3H3. The lowest BCUT2D eigenvalue weighted by Gasteiger charge is -2.21. The van der Waals surface area contributed by atoms with E-state index in [0.29, 0.717) is 5.95 Å². The van der Waals surface area contributed by atoms with Crippen LogP contribution < -0.4 is 4.74 Å². The summed E-state index contributed by atoms with van der Waals surface area (Å²) in [7, 11) is 1.71. The molecular formula is C32H25N3O. The molecule has 6 aromatic rings. The van der Waals surface area contributed by atoms with Crippen molar-refractivity contribution in [2.24, 2.45) is 0 Å². The molecule has 2 aromatic heterocycles. The van der Waals surface area contributed by atoms with Gasteiger partial charge in [-0.15, -0.1) is 0 Å². The highest BCUT2D eigenvalue weighted by Gasteiger charge is 2.41. The van der Waals surface area contributed by atoms with Gasteiger partial charge in [-0.25, -0.2) is 9.97 Å². The van der Waals surface area contributed by atoms with E-state index >= 15 is 0 Å². The zero-order chi connectivity index (χ0) is 24.4. The van der Waals surface area contributed by atoms with Gasteiger partial charge in [0.2, 0.25) is 5.95 Å². The van der Waals surface area contributed by atoms with E-state index < -0.39 is 0 Å². The van der Waals surface area contributed by atoms with Crippen molar-refractivity contribution in [3.05, 3.63) is 108 Å². The molecule has 0 saturated heterocycles. The fourth-order valence-corrected chi connectivity index (χ4v) is 5.84. The maximum atomic E-state index is 5.64. The van der Waals surface area contributed by atoms with Crippen LogP contribution in [0.4, 0.5) is 0 Å². The number of hydrogen-bond donors (Lipinski definition) is 0. The Bertz CT molecular complexity index is 1800. The average molecular weight is 468 g/mol. The second-order valence-electron chi connectivity index (χ2n) is 9.87. The number of nitrogens with zero attached hydrogens (tertiary/aromatic N) is 3. The predicted octanol–water partition coefficient (Wildman–Crippen LogP) is 7.56. The van der Waals surface area contributed by atoms with Gasteiger partial charge in [0.1, 0.15) is 5.75 Å². The van der Waals surface area contributed by atoms with E-state index in [2.05, 4.69) is 91.2 Å². The zero-order valence-electron chi connectivity index (χ0n) is 20.5. The highest BCUT2D eigenvalue weighted by atomic mass is 16.5. The Labute approximate surface area is 209 Å². The lowest BCUT2D eigenvalue weighted by Crippen LogP contribution is -2.14. The minimum atomic E-state index is -0.150. The number of benzene rings is 4. The van der Waals surface area contributed by atoms with Crippen LogP contribution in [0.15, 0.2) is 97.1 Å². The summed E-state index contributed by atoms with van der Waals surface area (Å²) in [5, 5.41) is 2.24. The second kappa shape index (κ2) is 7.53. The Hall–Kier alpha value is -4.44. The van der Waals surface area contributed by atoms with Gasteiger partial charge in [-0.05, 0) is 29.3 Å². The molecule has 0 aliphatic heterocycles. The number of aromatic nitrogens is 3. The number of para-hydroxylation sites is 1. The van der Waals surface area contributed by atoms with Crippen LogP contribution in [-0.4, -0.2) is 21.6 Å². The maximum Gasteiger partial charge on any atom is 0.235 e. The van der Waals surface area contributed by atoms with Crippen molar-refractivity contribution in [2.75, 3.05) is 7.11 Å². The van der Waals surface area contributed by atoms with E-state index in [1.165, 1.54) is 22.1 Å². The van der Waals surface area contributed by atoms with Gasteiger partial charge in [0, 0.05) is 33.4 Å². The number of rotatable bonds is 3. The third kappa shape index (κ3) is 2.81. The SMILES string of the molecule is COc1ccc2c3c(n(-c4nc(-c5ccccc5)c5ccccc5n4)c2c1)-c1ccccc1C3(C)C. The highest BCUT2D eigenvalue weighted by Crippen LogP contribution is 2.53. The largest absolute Gasteiger partial charge is 0.497 e. The molecule has 0 spiro atoms. The number of fused-ring (bicyclic) bond motifs is 6. The molecule has 0 fully saturated rings. The molecule has 7 rings (SSSR count). The summed E-state index contributed by atoms with van der Waals surface area (Å²) >= 11 is 0. The number of methoxy groups -OCH3 is 1. The molecule has 0 N–H and O–H groups in total. The Morgan fingerprint density at radius 2 is 1.50 bits per heavy atom. The van der Waals surface area contributed by atoms with Gasteiger partial charge < -0.3 is 4.74 Å². The first-order valence-electron chi connectivity index (χ1n) is 12.2. The molecule has 2 heterocycles. The maximum absolute atomic E-state index is 5.64. The van der Waals surface area contributed by atoms with Gasteiger partial charge >= 0.3 is 0 Å². The predicted molar refractivity (Wildman–Crippen MR) is 146 cm³/mol. The van der Waals surface area contributed by atoms with Crippen molar-refractivity contribution < 1.29 is 4.74 Å². The first kappa shape index (κ1) is 20.9. The van der Waals surface area contributed by atoms with Crippen LogP contribution in [0.25, 0.3) is 50.3 Å². The lowest BCUT2D eigenvalue weighted by atomic mass is 9.81. The van der Waals surface area contributed by atoms with E-state index in [1.54, 1.807) is 7.11 Å². The summed E-state index contributed by atoms with van der Waals surface area (Å²) in [4.78, 5) is 10.3. The van der Waals surface area contributed by atoms with Crippen LogP contribution in [0.1, 0.15) is 25.0 Å². The Morgan fingerprint density at radius 3 is 2.33 bits per heavy atom. The monoisotopic (exact) mass is 467 g/mol. The van der Waals surface area contributed by atoms with E-state index in [9.17, 15) is 0 Å². The fraction of sp³-hybridized carbons (Fsp3) is 0.125. The van der Waals surface area contributed by atoms with Crippen molar-refractivity contribution in [1.82, 2.24) is 14.5 Å². The van der Waals surface area contributed by atoms with Gasteiger partial charge in [0.25, 0.3) is 0 Å². The Morgan fingerprint density at radius 1 is 0.750 bits per heavy atom. The van der Waals surface area contributed by atoms with Gasteiger partial charge in [0.15, 0.2) is 0 Å². The van der Waals surface area contributed by atoms with Crippen LogP contribution in [0.2, 0.25) is 0 Å². The van der Waals surface area contributed by atoms with Crippen LogP contribution in [0, 0.1) is 0 Å². The van der Waals surface area contributed by atoms with Gasteiger partial charge in [-0.2, -0.15) is 0 Å². The number of hydrogen-bond acceptors (Lipinski definition) is 3. The third-order valence-corrected chi connectivity index (χ3v) is 7.49. The molecule has 174 valence electrons. The second-order valence-corrected chi connectivity index (χ2v) is 9.87. The molecule has 0 unspecified atom stereocenters. The first-order valence-corrected chi connectivity index (χ1v) is 12.2. The molecule has 0 bridgehead atoms. The van der Waals surface area contributed by atoms with E-state index in [-0.39, 0.29) is 5.41 Å². The molecule has 1 aliphatic carbocycles. The summed E-state index contributed by atoms with van der Waals surface area (Å²) in [6, 6.07) is 33.6. The normalized spacial score (nSPS) is 13.6. The van der Waals surface area contributed by atoms with Gasteiger partial charge in [0.05, 0.1) is 29.5 Å². The fourth-order valence-electron chi connectivity index (χ4n) is 5.84. The zero-order valence-corrected chi connectivity index (χ0v) is 20.5. The van der Waals surface area contributed by atoms with Crippen molar-refractivity contribution in [1.29, 1.82) is 0 Å². The topological polar surface area (TPSA) is 39.9 Å². The smallest absolute Gasteiger partial charge is 0.235 e. The molecule has 0 saturated carbocycles. The minimum Gasteiger partial charge on any atom is -0.497 e. The Balaban J connectivity index is 1.64. The van der Waals surface area contributed by atoms with Crippen molar-refractivity contribution in [3.63, 3.8) is 0 Å². The molecule has 1 aliphatic rings. The molecular weight excluding hydrogens is 442 g/mol.